The molecular weight excluding hydrogens is 400 g/mol. The van der Waals surface area contributed by atoms with E-state index in [0.717, 1.165) is 6.42 Å². The molecule has 2 aliphatic heterocycles. The summed E-state index contributed by atoms with van der Waals surface area (Å²) in [6, 6.07) is 3.17. The quantitative estimate of drug-likeness (QED) is 0.679. The van der Waals surface area contributed by atoms with Crippen molar-refractivity contribution in [3.63, 3.8) is 0 Å². The van der Waals surface area contributed by atoms with Gasteiger partial charge in [0.15, 0.2) is 0 Å². The molecule has 0 N–H and O–H groups in total. The average Bonchev–Trinajstić information content (AvgIpc) is 3.40. The molecule has 156 valence electrons. The predicted molar refractivity (Wildman–Crippen MR) is 108 cm³/mol. The monoisotopic (exact) mass is 428 g/mol. The van der Waals surface area contributed by atoms with E-state index in [1.807, 2.05) is 25.3 Å². The molecule has 3 rings (SSSR count). The molecule has 2 saturated heterocycles. The maximum absolute atomic E-state index is 13.0. The molecule has 2 aliphatic rings. The summed E-state index contributed by atoms with van der Waals surface area (Å²) in [5.41, 5.74) is 0. The Hall–Kier alpha value is -1.49. The standard InChI is InChI=1S/C18H28N4O4S2/c1-3-20(4-2)28(25,26)21-12-10-19(11-13-21)17(23)15-7-5-9-22(15)18(24)16-8-6-14-27-16/h6,8,14-15H,3-5,7,9-13H2,1-2H3/t15-/m0/s1. The molecule has 1 atom stereocenters. The second kappa shape index (κ2) is 8.89. The van der Waals surface area contributed by atoms with Gasteiger partial charge >= 0.3 is 0 Å². The van der Waals surface area contributed by atoms with Gasteiger partial charge < -0.3 is 9.80 Å². The molecular formula is C18H28N4O4S2. The van der Waals surface area contributed by atoms with Gasteiger partial charge in [0.1, 0.15) is 6.04 Å². The zero-order chi connectivity index (χ0) is 20.3. The fourth-order valence-corrected chi connectivity index (χ4v) is 6.15. The van der Waals surface area contributed by atoms with Crippen molar-refractivity contribution < 1.29 is 18.0 Å². The van der Waals surface area contributed by atoms with Crippen LogP contribution in [0.1, 0.15) is 36.4 Å². The molecule has 0 unspecified atom stereocenters. The van der Waals surface area contributed by atoms with Crippen LogP contribution in [0.15, 0.2) is 17.5 Å². The minimum Gasteiger partial charge on any atom is -0.338 e. The van der Waals surface area contributed by atoms with Crippen LogP contribution >= 0.6 is 11.3 Å². The van der Waals surface area contributed by atoms with Crippen LogP contribution in [0.4, 0.5) is 0 Å². The van der Waals surface area contributed by atoms with Crippen molar-refractivity contribution in [2.75, 3.05) is 45.8 Å². The van der Waals surface area contributed by atoms with E-state index in [1.165, 1.54) is 19.9 Å². The Kier molecular flexibility index (Phi) is 6.74. The van der Waals surface area contributed by atoms with E-state index in [4.69, 9.17) is 0 Å². The number of likely N-dealkylation sites (tertiary alicyclic amines) is 1. The van der Waals surface area contributed by atoms with Crippen molar-refractivity contribution in [2.24, 2.45) is 0 Å². The van der Waals surface area contributed by atoms with Crippen molar-refractivity contribution >= 4 is 33.4 Å². The first-order valence-corrected chi connectivity index (χ1v) is 12.1. The summed E-state index contributed by atoms with van der Waals surface area (Å²) in [5, 5.41) is 1.86. The molecule has 1 aromatic heterocycles. The first-order valence-electron chi connectivity index (χ1n) is 9.78. The van der Waals surface area contributed by atoms with E-state index in [-0.39, 0.29) is 24.9 Å². The molecule has 3 heterocycles. The van der Waals surface area contributed by atoms with Crippen LogP contribution in [0.25, 0.3) is 0 Å². The lowest BCUT2D eigenvalue weighted by Crippen LogP contribution is -2.57. The Bertz CT molecular complexity index is 785. The highest BCUT2D eigenvalue weighted by Crippen LogP contribution is 2.24. The fourth-order valence-electron chi connectivity index (χ4n) is 3.87. The Morgan fingerprint density at radius 1 is 1.14 bits per heavy atom. The number of carbonyl (C=O) groups is 2. The lowest BCUT2D eigenvalue weighted by atomic mass is 10.1. The van der Waals surface area contributed by atoms with Crippen LogP contribution in [0.3, 0.4) is 0 Å². The Labute approximate surface area is 170 Å². The molecule has 0 aliphatic carbocycles. The van der Waals surface area contributed by atoms with Gasteiger partial charge in [-0.1, -0.05) is 19.9 Å². The zero-order valence-electron chi connectivity index (χ0n) is 16.4. The minimum atomic E-state index is -3.48. The van der Waals surface area contributed by atoms with Crippen LogP contribution in [0, 0.1) is 0 Å². The highest BCUT2D eigenvalue weighted by atomic mass is 32.2. The van der Waals surface area contributed by atoms with Gasteiger partial charge in [-0.25, -0.2) is 0 Å². The first-order chi connectivity index (χ1) is 13.4. The van der Waals surface area contributed by atoms with Crippen molar-refractivity contribution in [3.05, 3.63) is 22.4 Å². The van der Waals surface area contributed by atoms with Crippen LogP contribution in [-0.4, -0.2) is 90.5 Å². The molecule has 28 heavy (non-hydrogen) atoms. The fraction of sp³-hybridized carbons (Fsp3) is 0.667. The highest BCUT2D eigenvalue weighted by molar-refractivity contribution is 7.86. The lowest BCUT2D eigenvalue weighted by molar-refractivity contribution is -0.136. The Morgan fingerprint density at radius 2 is 1.82 bits per heavy atom. The van der Waals surface area contributed by atoms with E-state index in [2.05, 4.69) is 0 Å². The SMILES string of the molecule is CCN(CC)S(=O)(=O)N1CCN(C(=O)[C@@H]2CCCN2C(=O)c2cccs2)CC1. The van der Waals surface area contributed by atoms with E-state index in [1.54, 1.807) is 15.9 Å². The first kappa shape index (κ1) is 21.2. The summed E-state index contributed by atoms with van der Waals surface area (Å²) in [4.78, 5) is 29.8. The third-order valence-corrected chi connectivity index (χ3v) is 8.48. The predicted octanol–water partition coefficient (Wildman–Crippen LogP) is 1.08. The molecule has 0 aromatic carbocycles. The number of carbonyl (C=O) groups excluding carboxylic acids is 2. The molecule has 1 aromatic rings. The van der Waals surface area contributed by atoms with Crippen molar-refractivity contribution in [1.82, 2.24) is 18.4 Å². The van der Waals surface area contributed by atoms with Crippen molar-refractivity contribution in [2.45, 2.75) is 32.7 Å². The van der Waals surface area contributed by atoms with Crippen LogP contribution < -0.4 is 0 Å². The number of piperazine rings is 1. The van der Waals surface area contributed by atoms with E-state index in [9.17, 15) is 18.0 Å². The van der Waals surface area contributed by atoms with Gasteiger partial charge in [-0.05, 0) is 24.3 Å². The summed E-state index contributed by atoms with van der Waals surface area (Å²) in [7, 11) is -3.48. The second-order valence-corrected chi connectivity index (χ2v) is 9.83. The molecule has 0 radical (unpaired) electrons. The minimum absolute atomic E-state index is 0.0673. The number of thiophene rings is 1. The summed E-state index contributed by atoms with van der Waals surface area (Å²) in [6.45, 7) is 6.38. The van der Waals surface area contributed by atoms with Gasteiger partial charge in [0.2, 0.25) is 5.91 Å². The largest absolute Gasteiger partial charge is 0.338 e. The number of amides is 2. The molecule has 0 bridgehead atoms. The number of rotatable bonds is 6. The zero-order valence-corrected chi connectivity index (χ0v) is 18.0. The molecule has 0 spiro atoms. The average molecular weight is 429 g/mol. The molecule has 2 fully saturated rings. The third-order valence-electron chi connectivity index (χ3n) is 5.44. The normalized spacial score (nSPS) is 21.5. The van der Waals surface area contributed by atoms with Gasteiger partial charge in [-0.3, -0.25) is 9.59 Å². The maximum atomic E-state index is 13.0. The smallest absolute Gasteiger partial charge is 0.282 e. The van der Waals surface area contributed by atoms with E-state index in [0.29, 0.717) is 44.0 Å². The number of hydrogen-bond donors (Lipinski definition) is 0. The summed E-state index contributed by atoms with van der Waals surface area (Å²) < 4.78 is 28.2. The molecule has 8 nitrogen and oxygen atoms in total. The molecule has 2 amide bonds. The Balaban J connectivity index is 1.62. The van der Waals surface area contributed by atoms with Gasteiger partial charge in [0, 0.05) is 45.8 Å². The van der Waals surface area contributed by atoms with Gasteiger partial charge in [-0.15, -0.1) is 11.3 Å². The van der Waals surface area contributed by atoms with E-state index >= 15 is 0 Å². The number of hydrogen-bond acceptors (Lipinski definition) is 5. The van der Waals surface area contributed by atoms with Crippen LogP contribution in [0.5, 0.6) is 0 Å². The van der Waals surface area contributed by atoms with E-state index < -0.39 is 16.3 Å². The third kappa shape index (κ3) is 4.10. The van der Waals surface area contributed by atoms with Crippen LogP contribution in [-0.2, 0) is 15.0 Å². The summed E-state index contributed by atoms with van der Waals surface area (Å²) >= 11 is 1.38. The topological polar surface area (TPSA) is 81.2 Å². The van der Waals surface area contributed by atoms with Crippen LogP contribution in [0.2, 0.25) is 0 Å². The highest BCUT2D eigenvalue weighted by Gasteiger charge is 2.39. The Morgan fingerprint density at radius 3 is 2.39 bits per heavy atom. The van der Waals surface area contributed by atoms with Gasteiger partial charge in [-0.2, -0.15) is 17.0 Å². The molecule has 0 saturated carbocycles. The van der Waals surface area contributed by atoms with Gasteiger partial charge in [0.25, 0.3) is 16.1 Å². The summed E-state index contributed by atoms with van der Waals surface area (Å²) in [6.07, 6.45) is 1.47. The maximum Gasteiger partial charge on any atom is 0.282 e. The second-order valence-electron chi connectivity index (χ2n) is 6.95. The van der Waals surface area contributed by atoms with Gasteiger partial charge in [0.05, 0.1) is 4.88 Å². The summed E-state index contributed by atoms with van der Waals surface area (Å²) in [5.74, 6) is -0.157. The molecule has 10 heteroatoms. The number of nitrogens with zero attached hydrogens (tertiary/aromatic N) is 4. The lowest BCUT2D eigenvalue weighted by Gasteiger charge is -2.38. The van der Waals surface area contributed by atoms with Crippen molar-refractivity contribution in [1.29, 1.82) is 0 Å². The van der Waals surface area contributed by atoms with Crippen molar-refractivity contribution in [3.8, 4) is 0 Å².